The van der Waals surface area contributed by atoms with Gasteiger partial charge in [-0.25, -0.2) is 4.79 Å². The van der Waals surface area contributed by atoms with Gasteiger partial charge < -0.3 is 10.6 Å². The number of carbonyl (C=O) groups excluding carboxylic acids is 5. The van der Waals surface area contributed by atoms with E-state index in [4.69, 9.17) is 0 Å². The van der Waals surface area contributed by atoms with Crippen LogP contribution in [0.1, 0.15) is 58.9 Å². The molecule has 148 valence electrons. The molecule has 2 aliphatic heterocycles. The Bertz CT molecular complexity index is 851. The highest BCUT2D eigenvalue weighted by Gasteiger charge is 2.44. The van der Waals surface area contributed by atoms with Crippen molar-refractivity contribution in [2.75, 3.05) is 6.54 Å². The minimum atomic E-state index is -0.990. The summed E-state index contributed by atoms with van der Waals surface area (Å²) in [6.07, 6.45) is 2.05. The summed E-state index contributed by atoms with van der Waals surface area (Å²) in [5, 5.41) is 7.59. The van der Waals surface area contributed by atoms with E-state index in [2.05, 4.69) is 16.0 Å². The highest BCUT2D eigenvalue weighted by atomic mass is 16.2. The normalized spacial score (nSPS) is 18.8. The first kappa shape index (κ1) is 19.5. The van der Waals surface area contributed by atoms with Gasteiger partial charge in [-0.15, -0.1) is 0 Å². The molecule has 1 saturated heterocycles. The number of hydrogen-bond acceptors (Lipinski definition) is 5. The number of fused-ring (bicyclic) bond motifs is 1. The molecule has 1 fully saturated rings. The highest BCUT2D eigenvalue weighted by Crippen LogP contribution is 2.28. The number of nitrogens with one attached hydrogen (secondary N) is 3. The van der Waals surface area contributed by atoms with Gasteiger partial charge in [0.15, 0.2) is 0 Å². The third-order valence-corrected chi connectivity index (χ3v) is 4.77. The summed E-state index contributed by atoms with van der Waals surface area (Å²) in [5.74, 6) is -2.17. The Hall–Kier alpha value is -3.23. The van der Waals surface area contributed by atoms with Crippen LogP contribution in [0.25, 0.3) is 0 Å². The third-order valence-electron chi connectivity index (χ3n) is 4.77. The molecule has 3 N–H and O–H groups in total. The van der Waals surface area contributed by atoms with E-state index in [-0.39, 0.29) is 36.5 Å². The van der Waals surface area contributed by atoms with E-state index in [1.807, 2.05) is 6.92 Å². The fraction of sp³-hybridized carbons (Fsp3) is 0.421. The fourth-order valence-electron chi connectivity index (χ4n) is 3.25. The van der Waals surface area contributed by atoms with Crippen LogP contribution in [-0.4, -0.2) is 47.1 Å². The standard InChI is InChI=1S/C19H22N4O5/c1-2-3-8-20-19(28)21-10-11-4-5-12-13(9-11)18(27)23(17(12)26)14-6-7-15(24)22-16(14)25/h4-5,9,14H,2-3,6-8,10H2,1H3,(H2,20,21,28)(H,22,24,25). The molecule has 0 bridgehead atoms. The first-order chi connectivity index (χ1) is 13.4. The number of imide groups is 2. The second-order valence-corrected chi connectivity index (χ2v) is 6.79. The van der Waals surface area contributed by atoms with Gasteiger partial charge >= 0.3 is 6.03 Å². The van der Waals surface area contributed by atoms with Crippen LogP contribution in [-0.2, 0) is 16.1 Å². The van der Waals surface area contributed by atoms with Gasteiger partial charge in [0.1, 0.15) is 6.04 Å². The molecule has 0 aromatic heterocycles. The Morgan fingerprint density at radius 1 is 1.14 bits per heavy atom. The van der Waals surface area contributed by atoms with Gasteiger partial charge in [0.2, 0.25) is 11.8 Å². The molecule has 0 radical (unpaired) electrons. The van der Waals surface area contributed by atoms with Crippen molar-refractivity contribution >= 4 is 29.7 Å². The smallest absolute Gasteiger partial charge is 0.315 e. The van der Waals surface area contributed by atoms with E-state index in [0.29, 0.717) is 12.1 Å². The van der Waals surface area contributed by atoms with Crippen LogP contribution < -0.4 is 16.0 Å². The van der Waals surface area contributed by atoms with Crippen molar-refractivity contribution in [1.29, 1.82) is 0 Å². The van der Waals surface area contributed by atoms with Crippen LogP contribution in [0.15, 0.2) is 18.2 Å². The van der Waals surface area contributed by atoms with Crippen molar-refractivity contribution in [1.82, 2.24) is 20.9 Å². The molecule has 2 aliphatic rings. The number of hydrogen-bond donors (Lipinski definition) is 3. The minimum Gasteiger partial charge on any atom is -0.338 e. The van der Waals surface area contributed by atoms with E-state index < -0.39 is 29.7 Å². The molecule has 0 spiro atoms. The van der Waals surface area contributed by atoms with Gasteiger partial charge in [0.25, 0.3) is 11.8 Å². The molecule has 1 aromatic rings. The summed E-state index contributed by atoms with van der Waals surface area (Å²) < 4.78 is 0. The molecular formula is C19H22N4O5. The zero-order valence-corrected chi connectivity index (χ0v) is 15.5. The SMILES string of the molecule is CCCCNC(=O)NCc1ccc2c(c1)C(=O)N(C1CCC(=O)NC1=O)C2=O. The zero-order valence-electron chi connectivity index (χ0n) is 15.5. The zero-order chi connectivity index (χ0) is 20.3. The first-order valence-corrected chi connectivity index (χ1v) is 9.28. The molecule has 0 saturated carbocycles. The molecule has 1 unspecified atom stereocenters. The average Bonchev–Trinajstić information content (AvgIpc) is 2.91. The van der Waals surface area contributed by atoms with Crippen LogP contribution in [0.2, 0.25) is 0 Å². The monoisotopic (exact) mass is 386 g/mol. The molecule has 3 rings (SSSR count). The number of nitrogens with zero attached hydrogens (tertiary/aromatic N) is 1. The van der Waals surface area contributed by atoms with Crippen molar-refractivity contribution in [2.24, 2.45) is 0 Å². The maximum Gasteiger partial charge on any atom is 0.315 e. The van der Waals surface area contributed by atoms with E-state index >= 15 is 0 Å². The summed E-state index contributed by atoms with van der Waals surface area (Å²) in [6, 6.07) is 3.43. The molecule has 0 aliphatic carbocycles. The molecule has 9 nitrogen and oxygen atoms in total. The van der Waals surface area contributed by atoms with Crippen molar-refractivity contribution in [3.05, 3.63) is 34.9 Å². The Morgan fingerprint density at radius 3 is 2.61 bits per heavy atom. The Kier molecular flexibility index (Phi) is 5.72. The number of rotatable bonds is 6. The number of amides is 6. The molecule has 1 aromatic carbocycles. The lowest BCUT2D eigenvalue weighted by molar-refractivity contribution is -0.136. The van der Waals surface area contributed by atoms with Gasteiger partial charge in [-0.2, -0.15) is 0 Å². The van der Waals surface area contributed by atoms with Gasteiger partial charge in [-0.05, 0) is 30.5 Å². The molecule has 9 heteroatoms. The Morgan fingerprint density at radius 2 is 1.89 bits per heavy atom. The fourth-order valence-corrected chi connectivity index (χ4v) is 3.25. The number of urea groups is 1. The highest BCUT2D eigenvalue weighted by molar-refractivity contribution is 6.23. The molecule has 1 atom stereocenters. The molecule has 28 heavy (non-hydrogen) atoms. The van der Waals surface area contributed by atoms with E-state index in [1.54, 1.807) is 12.1 Å². The number of unbranched alkanes of at least 4 members (excludes halogenated alkanes) is 1. The first-order valence-electron chi connectivity index (χ1n) is 9.28. The van der Waals surface area contributed by atoms with Crippen LogP contribution >= 0.6 is 0 Å². The van der Waals surface area contributed by atoms with E-state index in [9.17, 15) is 24.0 Å². The summed E-state index contributed by atoms with van der Waals surface area (Å²) in [4.78, 5) is 61.4. The van der Waals surface area contributed by atoms with Crippen molar-refractivity contribution < 1.29 is 24.0 Å². The topological polar surface area (TPSA) is 125 Å². The van der Waals surface area contributed by atoms with E-state index in [1.165, 1.54) is 6.07 Å². The van der Waals surface area contributed by atoms with Crippen molar-refractivity contribution in [3.8, 4) is 0 Å². The predicted molar refractivity (Wildman–Crippen MR) is 98.3 cm³/mol. The average molecular weight is 386 g/mol. The number of benzene rings is 1. The maximum absolute atomic E-state index is 12.7. The van der Waals surface area contributed by atoms with Gasteiger partial charge in [0, 0.05) is 19.5 Å². The van der Waals surface area contributed by atoms with Crippen molar-refractivity contribution in [3.63, 3.8) is 0 Å². The summed E-state index contributed by atoms with van der Waals surface area (Å²) in [5.41, 5.74) is 1.07. The Balaban J connectivity index is 1.69. The van der Waals surface area contributed by atoms with Crippen LogP contribution in [0, 0.1) is 0 Å². The van der Waals surface area contributed by atoms with Gasteiger partial charge in [-0.1, -0.05) is 19.4 Å². The number of carbonyl (C=O) groups is 5. The lowest BCUT2D eigenvalue weighted by atomic mass is 10.0. The van der Waals surface area contributed by atoms with Gasteiger partial charge in [-0.3, -0.25) is 29.4 Å². The van der Waals surface area contributed by atoms with Crippen LogP contribution in [0.4, 0.5) is 4.79 Å². The van der Waals surface area contributed by atoms with E-state index in [0.717, 1.165) is 17.7 Å². The molecule has 6 amide bonds. The predicted octanol–water partition coefficient (Wildman–Crippen LogP) is 0.687. The molecule has 2 heterocycles. The second kappa shape index (κ2) is 8.20. The quantitative estimate of drug-likeness (QED) is 0.490. The third kappa shape index (κ3) is 3.88. The maximum atomic E-state index is 12.7. The lowest BCUT2D eigenvalue weighted by Crippen LogP contribution is -2.54. The minimum absolute atomic E-state index is 0.0755. The van der Waals surface area contributed by atoms with Crippen molar-refractivity contribution in [2.45, 2.75) is 45.2 Å². The summed E-state index contributed by atoms with van der Waals surface area (Å²) in [7, 11) is 0. The van der Waals surface area contributed by atoms with Crippen LogP contribution in [0.3, 0.4) is 0 Å². The number of piperidine rings is 1. The van der Waals surface area contributed by atoms with Gasteiger partial charge in [0.05, 0.1) is 11.1 Å². The second-order valence-electron chi connectivity index (χ2n) is 6.79. The molecular weight excluding hydrogens is 364 g/mol. The lowest BCUT2D eigenvalue weighted by Gasteiger charge is -2.27. The largest absolute Gasteiger partial charge is 0.338 e. The summed E-state index contributed by atoms with van der Waals surface area (Å²) in [6.45, 7) is 2.81. The summed E-state index contributed by atoms with van der Waals surface area (Å²) >= 11 is 0. The Labute approximate surface area is 161 Å². The van der Waals surface area contributed by atoms with Crippen LogP contribution in [0.5, 0.6) is 0 Å².